The molecule has 0 aliphatic heterocycles. The molecule has 0 fully saturated rings. The molecule has 21 heavy (non-hydrogen) atoms. The molecule has 0 radical (unpaired) electrons. The second-order valence-corrected chi connectivity index (χ2v) is 5.22. The zero-order valence-corrected chi connectivity index (χ0v) is 12.4. The number of unbranched alkanes of at least 4 members (excludes halogenated alkanes) is 2. The highest BCUT2D eigenvalue weighted by atomic mass is 16.5. The van der Waals surface area contributed by atoms with Gasteiger partial charge in [0.15, 0.2) is 0 Å². The van der Waals surface area contributed by atoms with Gasteiger partial charge in [-0.2, -0.15) is 0 Å². The van der Waals surface area contributed by atoms with Gasteiger partial charge in [0, 0.05) is 25.4 Å². The fourth-order valence-corrected chi connectivity index (χ4v) is 2.22. The van der Waals surface area contributed by atoms with E-state index in [1.807, 2.05) is 12.1 Å². The van der Waals surface area contributed by atoms with Crippen LogP contribution in [0.25, 0.3) is 0 Å². The highest BCUT2D eigenvalue weighted by molar-refractivity contribution is 5.27. The molecule has 0 aromatic heterocycles. The van der Waals surface area contributed by atoms with Gasteiger partial charge >= 0.3 is 0 Å². The van der Waals surface area contributed by atoms with Crippen molar-refractivity contribution < 1.29 is 4.74 Å². The predicted molar refractivity (Wildman–Crippen MR) is 88.1 cm³/mol. The summed E-state index contributed by atoms with van der Waals surface area (Å²) in [6.07, 6.45) is 16.7. The fourth-order valence-electron chi connectivity index (χ4n) is 2.22. The molecule has 0 saturated heterocycles. The number of benzene rings is 1. The SMILES string of the molecule is C#CCCCCOc1ccc(CNCC2C=CC=C2)cc1. The van der Waals surface area contributed by atoms with Crippen molar-refractivity contribution in [3.63, 3.8) is 0 Å². The van der Waals surface area contributed by atoms with Gasteiger partial charge in [0.05, 0.1) is 6.61 Å². The maximum Gasteiger partial charge on any atom is 0.119 e. The van der Waals surface area contributed by atoms with Crippen LogP contribution in [0.3, 0.4) is 0 Å². The summed E-state index contributed by atoms with van der Waals surface area (Å²) in [6, 6.07) is 8.30. The summed E-state index contributed by atoms with van der Waals surface area (Å²) in [4.78, 5) is 0. The molecule has 2 rings (SSSR count). The lowest BCUT2D eigenvalue weighted by molar-refractivity contribution is 0.307. The minimum absolute atomic E-state index is 0.538. The van der Waals surface area contributed by atoms with Crippen LogP contribution in [-0.2, 0) is 6.54 Å². The van der Waals surface area contributed by atoms with Crippen LogP contribution in [0.1, 0.15) is 24.8 Å². The van der Waals surface area contributed by atoms with Crippen molar-refractivity contribution in [2.45, 2.75) is 25.8 Å². The van der Waals surface area contributed by atoms with Crippen molar-refractivity contribution in [2.75, 3.05) is 13.2 Å². The van der Waals surface area contributed by atoms with Gasteiger partial charge in [0.2, 0.25) is 0 Å². The summed E-state index contributed by atoms with van der Waals surface area (Å²) in [5.74, 6) is 4.11. The number of hydrogen-bond donors (Lipinski definition) is 1. The third-order valence-corrected chi connectivity index (χ3v) is 3.44. The first-order valence-electron chi connectivity index (χ1n) is 7.59. The van der Waals surface area contributed by atoms with Gasteiger partial charge in [0.1, 0.15) is 5.75 Å². The molecule has 0 amide bonds. The maximum atomic E-state index is 5.69. The summed E-state index contributed by atoms with van der Waals surface area (Å²) in [5.41, 5.74) is 1.28. The molecule has 1 aromatic carbocycles. The predicted octanol–water partition coefficient (Wildman–Crippen LogP) is 3.70. The van der Waals surface area contributed by atoms with Crippen LogP contribution >= 0.6 is 0 Å². The first kappa shape index (κ1) is 15.4. The second-order valence-electron chi connectivity index (χ2n) is 5.22. The Bertz CT molecular complexity index is 495. The molecule has 0 unspecified atom stereocenters. The minimum atomic E-state index is 0.538. The Labute approximate surface area is 127 Å². The number of nitrogens with one attached hydrogen (secondary N) is 1. The standard InChI is InChI=1S/C19H23NO/c1-2-3-4-7-14-21-19-12-10-18(11-13-19)16-20-15-17-8-5-6-9-17/h1,5-6,8-13,17,20H,3-4,7,14-16H2. The van der Waals surface area contributed by atoms with Crippen molar-refractivity contribution in [1.82, 2.24) is 5.32 Å². The van der Waals surface area contributed by atoms with E-state index < -0.39 is 0 Å². The van der Waals surface area contributed by atoms with Crippen molar-refractivity contribution in [3.8, 4) is 18.1 Å². The molecule has 0 heterocycles. The van der Waals surface area contributed by atoms with E-state index in [-0.39, 0.29) is 0 Å². The number of ether oxygens (including phenoxy) is 1. The van der Waals surface area contributed by atoms with Gasteiger partial charge in [-0.05, 0) is 30.5 Å². The van der Waals surface area contributed by atoms with Gasteiger partial charge in [-0.3, -0.25) is 0 Å². The van der Waals surface area contributed by atoms with Crippen LogP contribution in [-0.4, -0.2) is 13.2 Å². The van der Waals surface area contributed by atoms with E-state index in [1.165, 1.54) is 5.56 Å². The second kappa shape index (κ2) is 9.05. The number of terminal acetylenes is 1. The largest absolute Gasteiger partial charge is 0.494 e. The summed E-state index contributed by atoms with van der Waals surface area (Å²) >= 11 is 0. The lowest BCUT2D eigenvalue weighted by atomic mass is 10.1. The molecule has 1 aromatic rings. The van der Waals surface area contributed by atoms with Crippen molar-refractivity contribution in [3.05, 3.63) is 54.1 Å². The van der Waals surface area contributed by atoms with Crippen molar-refractivity contribution in [1.29, 1.82) is 0 Å². The minimum Gasteiger partial charge on any atom is -0.494 e. The molecular formula is C19H23NO. The van der Waals surface area contributed by atoms with E-state index in [0.717, 1.165) is 44.7 Å². The Balaban J connectivity index is 1.63. The van der Waals surface area contributed by atoms with E-state index in [9.17, 15) is 0 Å². The zero-order valence-electron chi connectivity index (χ0n) is 12.4. The normalized spacial score (nSPS) is 13.5. The molecule has 1 aliphatic carbocycles. The van der Waals surface area contributed by atoms with Crippen LogP contribution in [0, 0.1) is 18.3 Å². The summed E-state index contributed by atoms with van der Waals surface area (Å²) in [6.45, 7) is 2.61. The monoisotopic (exact) mass is 281 g/mol. The topological polar surface area (TPSA) is 21.3 Å². The highest BCUT2D eigenvalue weighted by Gasteiger charge is 2.02. The quantitative estimate of drug-likeness (QED) is 0.550. The number of rotatable bonds is 9. The van der Waals surface area contributed by atoms with Crippen LogP contribution in [0.2, 0.25) is 0 Å². The van der Waals surface area contributed by atoms with Crippen molar-refractivity contribution in [2.24, 2.45) is 5.92 Å². The van der Waals surface area contributed by atoms with E-state index in [2.05, 4.69) is 47.7 Å². The maximum absolute atomic E-state index is 5.69. The molecule has 0 spiro atoms. The van der Waals surface area contributed by atoms with Crippen LogP contribution in [0.4, 0.5) is 0 Å². The summed E-state index contributed by atoms with van der Waals surface area (Å²) in [5, 5.41) is 3.47. The molecule has 2 nitrogen and oxygen atoms in total. The third kappa shape index (κ3) is 5.89. The van der Waals surface area contributed by atoms with Crippen molar-refractivity contribution >= 4 is 0 Å². The highest BCUT2D eigenvalue weighted by Crippen LogP contribution is 2.13. The smallest absolute Gasteiger partial charge is 0.119 e. The average molecular weight is 281 g/mol. The van der Waals surface area contributed by atoms with Gasteiger partial charge in [-0.15, -0.1) is 12.3 Å². The van der Waals surface area contributed by atoms with Crippen LogP contribution in [0.5, 0.6) is 5.75 Å². The van der Waals surface area contributed by atoms with Gasteiger partial charge < -0.3 is 10.1 Å². The van der Waals surface area contributed by atoms with E-state index >= 15 is 0 Å². The van der Waals surface area contributed by atoms with Crippen LogP contribution < -0.4 is 10.1 Å². The molecule has 1 aliphatic rings. The lowest BCUT2D eigenvalue weighted by Crippen LogP contribution is -2.19. The fraction of sp³-hybridized carbons (Fsp3) is 0.368. The average Bonchev–Trinajstić information content (AvgIpc) is 3.02. The Kier molecular flexibility index (Phi) is 6.64. The molecule has 2 heteroatoms. The Morgan fingerprint density at radius 3 is 2.57 bits per heavy atom. The first-order valence-corrected chi connectivity index (χ1v) is 7.59. The Morgan fingerprint density at radius 2 is 1.86 bits per heavy atom. The molecule has 1 N–H and O–H groups in total. The lowest BCUT2D eigenvalue weighted by Gasteiger charge is -2.09. The van der Waals surface area contributed by atoms with E-state index in [0.29, 0.717) is 5.92 Å². The molecule has 0 bridgehead atoms. The Morgan fingerprint density at radius 1 is 1.10 bits per heavy atom. The summed E-state index contributed by atoms with van der Waals surface area (Å²) in [7, 11) is 0. The summed E-state index contributed by atoms with van der Waals surface area (Å²) < 4.78 is 5.69. The molecule has 0 saturated carbocycles. The third-order valence-electron chi connectivity index (χ3n) is 3.44. The van der Waals surface area contributed by atoms with E-state index in [4.69, 9.17) is 11.2 Å². The number of hydrogen-bond acceptors (Lipinski definition) is 2. The van der Waals surface area contributed by atoms with Crippen LogP contribution in [0.15, 0.2) is 48.6 Å². The Hall–Kier alpha value is -1.98. The van der Waals surface area contributed by atoms with Gasteiger partial charge in [0.25, 0.3) is 0 Å². The molecular weight excluding hydrogens is 258 g/mol. The first-order chi connectivity index (χ1) is 10.4. The van der Waals surface area contributed by atoms with Gasteiger partial charge in [-0.1, -0.05) is 36.4 Å². The van der Waals surface area contributed by atoms with E-state index in [1.54, 1.807) is 0 Å². The molecule has 0 atom stereocenters. The number of allylic oxidation sites excluding steroid dienone is 2. The zero-order chi connectivity index (χ0) is 14.8. The molecule has 110 valence electrons. The van der Waals surface area contributed by atoms with Gasteiger partial charge in [-0.25, -0.2) is 0 Å².